The number of thiazole rings is 1. The fraction of sp³-hybridized carbons (Fsp3) is 0.158. The van der Waals surface area contributed by atoms with Crippen molar-refractivity contribution < 1.29 is 14.3 Å². The Bertz CT molecular complexity index is 893. The van der Waals surface area contributed by atoms with Gasteiger partial charge in [0.2, 0.25) is 12.7 Å². The van der Waals surface area contributed by atoms with Crippen molar-refractivity contribution in [2.75, 3.05) is 6.79 Å². The largest absolute Gasteiger partial charge is 0.454 e. The summed E-state index contributed by atoms with van der Waals surface area (Å²) in [6.45, 7) is 0.781. The third kappa shape index (κ3) is 3.64. The number of carbonyl (C=O) groups is 1. The first-order valence-corrected chi connectivity index (χ1v) is 8.81. The summed E-state index contributed by atoms with van der Waals surface area (Å²) in [7, 11) is 0. The summed E-state index contributed by atoms with van der Waals surface area (Å²) < 4.78 is 10.7. The van der Waals surface area contributed by atoms with Gasteiger partial charge in [-0.1, -0.05) is 30.3 Å². The summed E-state index contributed by atoms with van der Waals surface area (Å²) in [6.07, 6.45) is 0.280. The molecule has 1 aliphatic rings. The average Bonchev–Trinajstić information content (AvgIpc) is 3.29. The highest BCUT2D eigenvalue weighted by atomic mass is 32.1. The molecule has 1 N–H and O–H groups in total. The smallest absolute Gasteiger partial charge is 0.231 e. The minimum absolute atomic E-state index is 0.0320. The highest BCUT2D eigenvalue weighted by Crippen LogP contribution is 2.36. The molecule has 0 aliphatic carbocycles. The Morgan fingerprint density at radius 3 is 2.84 bits per heavy atom. The number of nitrogens with zero attached hydrogens (tertiary/aromatic N) is 1. The highest BCUT2D eigenvalue weighted by molar-refractivity contribution is 7.10. The van der Waals surface area contributed by atoms with Crippen molar-refractivity contribution in [3.8, 4) is 22.8 Å². The lowest BCUT2D eigenvalue weighted by Crippen LogP contribution is -2.24. The van der Waals surface area contributed by atoms with Gasteiger partial charge in [-0.05, 0) is 23.8 Å². The summed E-state index contributed by atoms with van der Waals surface area (Å²) in [5, 5.41) is 5.67. The molecule has 4 rings (SSSR count). The second kappa shape index (κ2) is 6.94. The van der Waals surface area contributed by atoms with E-state index in [4.69, 9.17) is 9.47 Å². The first-order chi connectivity index (χ1) is 12.3. The highest BCUT2D eigenvalue weighted by Gasteiger charge is 2.15. The molecule has 0 spiro atoms. The van der Waals surface area contributed by atoms with Crippen molar-refractivity contribution in [3.05, 3.63) is 64.5 Å². The molecular weight excluding hydrogens is 336 g/mol. The number of fused-ring (bicyclic) bond motifs is 1. The van der Waals surface area contributed by atoms with Crippen LogP contribution in [0.4, 0.5) is 0 Å². The Morgan fingerprint density at radius 2 is 1.96 bits per heavy atom. The fourth-order valence-corrected chi connectivity index (χ4v) is 3.38. The maximum atomic E-state index is 12.1. The monoisotopic (exact) mass is 352 g/mol. The first-order valence-electron chi connectivity index (χ1n) is 7.93. The molecule has 0 saturated heterocycles. The molecule has 2 aromatic carbocycles. The lowest BCUT2D eigenvalue weighted by molar-refractivity contribution is -0.120. The van der Waals surface area contributed by atoms with Crippen LogP contribution in [0.25, 0.3) is 11.3 Å². The molecule has 5 nitrogen and oxygen atoms in total. The first kappa shape index (κ1) is 15.7. The van der Waals surface area contributed by atoms with Gasteiger partial charge in [-0.2, -0.15) is 0 Å². The van der Waals surface area contributed by atoms with Gasteiger partial charge in [-0.15, -0.1) is 11.3 Å². The van der Waals surface area contributed by atoms with E-state index in [1.54, 1.807) is 0 Å². The van der Waals surface area contributed by atoms with Crippen LogP contribution in [0, 0.1) is 0 Å². The molecule has 0 fully saturated rings. The third-order valence-corrected chi connectivity index (χ3v) is 4.71. The second-order valence-corrected chi connectivity index (χ2v) is 6.58. The van der Waals surface area contributed by atoms with Gasteiger partial charge in [0, 0.05) is 17.5 Å². The quantitative estimate of drug-likeness (QED) is 0.765. The van der Waals surface area contributed by atoms with Crippen LogP contribution in [-0.2, 0) is 17.8 Å². The molecule has 6 heteroatoms. The zero-order valence-corrected chi connectivity index (χ0v) is 14.2. The maximum Gasteiger partial charge on any atom is 0.231 e. The molecule has 1 aliphatic heterocycles. The zero-order chi connectivity index (χ0) is 17.1. The Kier molecular flexibility index (Phi) is 4.35. The van der Waals surface area contributed by atoms with Crippen LogP contribution in [0.1, 0.15) is 10.6 Å². The number of rotatable bonds is 5. The number of amides is 1. The van der Waals surface area contributed by atoms with Gasteiger partial charge in [0.1, 0.15) is 5.01 Å². The molecule has 0 bridgehead atoms. The van der Waals surface area contributed by atoms with Crippen molar-refractivity contribution in [2.24, 2.45) is 0 Å². The molecule has 3 aromatic rings. The van der Waals surface area contributed by atoms with E-state index in [1.165, 1.54) is 11.3 Å². The predicted molar refractivity (Wildman–Crippen MR) is 95.7 cm³/mol. The van der Waals surface area contributed by atoms with E-state index >= 15 is 0 Å². The van der Waals surface area contributed by atoms with E-state index in [0.29, 0.717) is 6.54 Å². The summed E-state index contributed by atoms with van der Waals surface area (Å²) in [4.78, 5) is 16.7. The minimum atomic E-state index is -0.0320. The van der Waals surface area contributed by atoms with Crippen LogP contribution in [0.5, 0.6) is 11.5 Å². The van der Waals surface area contributed by atoms with Crippen LogP contribution in [0.2, 0.25) is 0 Å². The molecular formula is C19H16N2O3S. The standard InChI is InChI=1S/C19H16N2O3S/c22-18(20-10-13-4-2-1-3-5-13)9-19-21-15(11-25-19)14-6-7-16-17(8-14)24-12-23-16/h1-8,11H,9-10,12H2,(H,20,22). The second-order valence-electron chi connectivity index (χ2n) is 5.63. The van der Waals surface area contributed by atoms with E-state index in [-0.39, 0.29) is 19.1 Å². The number of carbonyl (C=O) groups excluding carboxylic acids is 1. The van der Waals surface area contributed by atoms with Gasteiger partial charge in [0.15, 0.2) is 11.5 Å². The molecule has 126 valence electrons. The van der Waals surface area contributed by atoms with Crippen molar-refractivity contribution >= 4 is 17.2 Å². The fourth-order valence-electron chi connectivity index (χ4n) is 2.58. The molecule has 1 aromatic heterocycles. The third-order valence-electron chi connectivity index (χ3n) is 3.86. The van der Waals surface area contributed by atoms with Crippen LogP contribution in [0.3, 0.4) is 0 Å². The molecule has 2 heterocycles. The summed E-state index contributed by atoms with van der Waals surface area (Å²) >= 11 is 1.48. The maximum absolute atomic E-state index is 12.1. The van der Waals surface area contributed by atoms with Crippen molar-refractivity contribution in [2.45, 2.75) is 13.0 Å². The number of ether oxygens (including phenoxy) is 2. The number of hydrogen-bond donors (Lipinski definition) is 1. The number of benzene rings is 2. The lowest BCUT2D eigenvalue weighted by Gasteiger charge is -2.03. The summed E-state index contributed by atoms with van der Waals surface area (Å²) in [5.74, 6) is 1.45. The topological polar surface area (TPSA) is 60.5 Å². The van der Waals surface area contributed by atoms with Crippen LogP contribution >= 0.6 is 11.3 Å². The van der Waals surface area contributed by atoms with E-state index in [9.17, 15) is 4.79 Å². The Labute approximate surface area is 149 Å². The average molecular weight is 352 g/mol. The minimum Gasteiger partial charge on any atom is -0.454 e. The van der Waals surface area contributed by atoms with E-state index in [2.05, 4.69) is 10.3 Å². The van der Waals surface area contributed by atoms with Crippen LogP contribution in [0.15, 0.2) is 53.9 Å². The van der Waals surface area contributed by atoms with Crippen molar-refractivity contribution in [3.63, 3.8) is 0 Å². The van der Waals surface area contributed by atoms with Gasteiger partial charge < -0.3 is 14.8 Å². The Balaban J connectivity index is 1.39. The Morgan fingerprint density at radius 1 is 1.12 bits per heavy atom. The molecule has 0 radical (unpaired) electrons. The van der Waals surface area contributed by atoms with E-state index in [0.717, 1.165) is 33.3 Å². The van der Waals surface area contributed by atoms with E-state index < -0.39 is 0 Å². The number of aromatic nitrogens is 1. The van der Waals surface area contributed by atoms with Gasteiger partial charge in [0.25, 0.3) is 0 Å². The lowest BCUT2D eigenvalue weighted by atomic mass is 10.1. The summed E-state index contributed by atoms with van der Waals surface area (Å²) in [6, 6.07) is 15.6. The van der Waals surface area contributed by atoms with Gasteiger partial charge >= 0.3 is 0 Å². The normalized spacial score (nSPS) is 12.2. The van der Waals surface area contributed by atoms with Crippen LogP contribution < -0.4 is 14.8 Å². The predicted octanol–water partition coefficient (Wildman–Crippen LogP) is 3.40. The van der Waals surface area contributed by atoms with E-state index in [1.807, 2.05) is 53.9 Å². The molecule has 0 unspecified atom stereocenters. The zero-order valence-electron chi connectivity index (χ0n) is 13.4. The van der Waals surface area contributed by atoms with Crippen molar-refractivity contribution in [1.82, 2.24) is 10.3 Å². The van der Waals surface area contributed by atoms with Gasteiger partial charge in [0.05, 0.1) is 12.1 Å². The number of nitrogens with one attached hydrogen (secondary N) is 1. The summed E-state index contributed by atoms with van der Waals surface area (Å²) in [5.41, 5.74) is 2.88. The Hall–Kier alpha value is -2.86. The van der Waals surface area contributed by atoms with Crippen LogP contribution in [-0.4, -0.2) is 17.7 Å². The molecule has 0 atom stereocenters. The van der Waals surface area contributed by atoms with Gasteiger partial charge in [-0.3, -0.25) is 4.79 Å². The molecule has 0 saturated carbocycles. The number of hydrogen-bond acceptors (Lipinski definition) is 5. The molecule has 1 amide bonds. The van der Waals surface area contributed by atoms with Crippen molar-refractivity contribution in [1.29, 1.82) is 0 Å². The SMILES string of the molecule is O=C(Cc1nc(-c2ccc3c(c2)OCO3)cs1)NCc1ccccc1. The molecule has 25 heavy (non-hydrogen) atoms. The van der Waals surface area contributed by atoms with Gasteiger partial charge in [-0.25, -0.2) is 4.98 Å².